The number of nitrogens with one attached hydrogen (secondary N) is 2. The van der Waals surface area contributed by atoms with Gasteiger partial charge in [-0.25, -0.2) is 18.4 Å². The van der Waals surface area contributed by atoms with Gasteiger partial charge in [-0.2, -0.15) is 0 Å². The number of ether oxygens (including phenoxy) is 3. The summed E-state index contributed by atoms with van der Waals surface area (Å²) in [5.41, 5.74) is 1.41. The zero-order valence-corrected chi connectivity index (χ0v) is 32.3. The van der Waals surface area contributed by atoms with Crippen LogP contribution >= 0.6 is 11.3 Å². The van der Waals surface area contributed by atoms with Crippen LogP contribution in [-0.4, -0.2) is 90.3 Å². The third kappa shape index (κ3) is 7.52. The Morgan fingerprint density at radius 2 is 1.94 bits per heavy atom. The molecule has 2 aromatic heterocycles. The fourth-order valence-corrected chi connectivity index (χ4v) is 9.40. The summed E-state index contributed by atoms with van der Waals surface area (Å²) >= 11 is 1.57. The zero-order chi connectivity index (χ0) is 37.7. The van der Waals surface area contributed by atoms with E-state index in [0.717, 1.165) is 35.2 Å². The van der Waals surface area contributed by atoms with E-state index < -0.39 is 50.9 Å². The van der Waals surface area contributed by atoms with Crippen LogP contribution in [0, 0.1) is 12.8 Å². The summed E-state index contributed by atoms with van der Waals surface area (Å²) < 4.78 is 46.1. The van der Waals surface area contributed by atoms with Crippen molar-refractivity contribution in [2.24, 2.45) is 5.92 Å². The molecule has 15 heteroatoms. The summed E-state index contributed by atoms with van der Waals surface area (Å²) in [6.07, 6.45) is 6.04. The molecule has 3 fully saturated rings. The molecular weight excluding hydrogens is 719 g/mol. The number of sulfonamides is 1. The quantitative estimate of drug-likeness (QED) is 0.305. The number of carbonyl (C=O) groups excluding carboxylic acids is 3. The largest absolute Gasteiger partial charge is 0.496 e. The highest BCUT2D eigenvalue weighted by Crippen LogP contribution is 2.46. The van der Waals surface area contributed by atoms with Crippen LogP contribution < -0.4 is 19.5 Å². The van der Waals surface area contributed by atoms with Crippen LogP contribution in [-0.2, 0) is 29.1 Å². The average molecular weight is 766 g/mol. The van der Waals surface area contributed by atoms with Crippen molar-refractivity contribution in [2.45, 2.75) is 108 Å². The van der Waals surface area contributed by atoms with E-state index in [0.29, 0.717) is 47.9 Å². The molecule has 0 bridgehead atoms. The molecule has 1 aromatic carbocycles. The molecule has 3 aromatic rings. The van der Waals surface area contributed by atoms with Gasteiger partial charge in [-0.3, -0.25) is 19.1 Å². The van der Waals surface area contributed by atoms with E-state index in [1.165, 1.54) is 4.90 Å². The number of fused-ring (bicyclic) bond motifs is 3. The van der Waals surface area contributed by atoms with E-state index in [4.69, 9.17) is 24.2 Å². The van der Waals surface area contributed by atoms with Crippen molar-refractivity contribution in [1.82, 2.24) is 24.9 Å². The van der Waals surface area contributed by atoms with Gasteiger partial charge in [-0.15, -0.1) is 11.3 Å². The molecule has 2 aliphatic heterocycles. The molecule has 284 valence electrons. The van der Waals surface area contributed by atoms with E-state index in [1.807, 2.05) is 42.7 Å². The lowest BCUT2D eigenvalue weighted by Crippen LogP contribution is -2.57. The highest BCUT2D eigenvalue weighted by molar-refractivity contribution is 7.91. The SMILES string of the molecule is COc1ccc2c(O[C@@H]3C[C@H]4C(=O)N[C@]5(C(=O)NS(=O)(=O)C6CC6)C[C@H]5/C=C\CCCCO[C@H](C)C(=O)N4C3)cc(-c3csc(C(C)C)n3)nc2c1C. The number of aromatic nitrogens is 2. The lowest BCUT2D eigenvalue weighted by molar-refractivity contribution is -0.147. The first kappa shape index (κ1) is 37.2. The van der Waals surface area contributed by atoms with Gasteiger partial charge >= 0.3 is 0 Å². The lowest BCUT2D eigenvalue weighted by Gasteiger charge is -2.28. The van der Waals surface area contributed by atoms with Gasteiger partial charge in [0.05, 0.1) is 40.8 Å². The van der Waals surface area contributed by atoms with Crippen molar-refractivity contribution in [1.29, 1.82) is 0 Å². The van der Waals surface area contributed by atoms with Crippen LogP contribution in [0.2, 0.25) is 0 Å². The number of methoxy groups -OCH3 is 1. The van der Waals surface area contributed by atoms with Gasteiger partial charge < -0.3 is 24.4 Å². The van der Waals surface area contributed by atoms with Gasteiger partial charge in [0.2, 0.25) is 15.9 Å². The maximum Gasteiger partial charge on any atom is 0.259 e. The molecule has 53 heavy (non-hydrogen) atoms. The van der Waals surface area contributed by atoms with Crippen molar-refractivity contribution < 1.29 is 37.0 Å². The summed E-state index contributed by atoms with van der Waals surface area (Å²) in [6.45, 7) is 8.25. The minimum Gasteiger partial charge on any atom is -0.496 e. The first-order valence-corrected chi connectivity index (χ1v) is 20.8. The minimum atomic E-state index is -3.85. The zero-order valence-electron chi connectivity index (χ0n) is 30.7. The van der Waals surface area contributed by atoms with Crippen molar-refractivity contribution >= 4 is 50.0 Å². The van der Waals surface area contributed by atoms with Gasteiger partial charge in [-0.1, -0.05) is 26.0 Å². The van der Waals surface area contributed by atoms with Crippen molar-refractivity contribution in [3.8, 4) is 22.9 Å². The normalized spacial score (nSPS) is 27.3. The van der Waals surface area contributed by atoms with Crippen LogP contribution in [0.4, 0.5) is 0 Å². The summed E-state index contributed by atoms with van der Waals surface area (Å²) in [7, 11) is -2.24. The second-order valence-corrected chi connectivity index (χ2v) is 17.7. The van der Waals surface area contributed by atoms with E-state index >= 15 is 0 Å². The number of carbonyl (C=O) groups is 3. The maximum atomic E-state index is 14.3. The predicted molar refractivity (Wildman–Crippen MR) is 200 cm³/mol. The fraction of sp³-hybridized carbons (Fsp3) is 0.553. The Morgan fingerprint density at radius 3 is 2.66 bits per heavy atom. The molecule has 4 aliphatic rings. The van der Waals surface area contributed by atoms with Gasteiger partial charge in [0.25, 0.3) is 11.8 Å². The number of pyridine rings is 1. The molecule has 2 N–H and O–H groups in total. The number of thiazole rings is 1. The van der Waals surface area contributed by atoms with E-state index in [-0.39, 0.29) is 37.1 Å². The molecule has 2 aliphatic carbocycles. The number of nitrogens with zero attached hydrogens (tertiary/aromatic N) is 3. The molecule has 0 unspecified atom stereocenters. The fourth-order valence-electron chi connectivity index (χ4n) is 7.21. The monoisotopic (exact) mass is 765 g/mol. The van der Waals surface area contributed by atoms with Crippen molar-refractivity contribution in [2.75, 3.05) is 20.3 Å². The second kappa shape index (κ2) is 14.6. The first-order chi connectivity index (χ1) is 25.3. The molecule has 0 radical (unpaired) electrons. The van der Waals surface area contributed by atoms with Crippen LogP contribution in [0.3, 0.4) is 0 Å². The Kier molecular flexibility index (Phi) is 10.3. The number of benzene rings is 1. The molecule has 7 rings (SSSR count). The smallest absolute Gasteiger partial charge is 0.259 e. The number of hydrogen-bond acceptors (Lipinski definition) is 11. The second-order valence-electron chi connectivity index (χ2n) is 14.9. The van der Waals surface area contributed by atoms with Gasteiger partial charge in [-0.05, 0) is 64.5 Å². The molecule has 1 saturated heterocycles. The van der Waals surface area contributed by atoms with Crippen LogP contribution in [0.1, 0.15) is 82.2 Å². The van der Waals surface area contributed by atoms with Gasteiger partial charge in [0, 0.05) is 47.3 Å². The number of allylic oxidation sites excluding steroid dienone is 1. The van der Waals surface area contributed by atoms with E-state index in [2.05, 4.69) is 23.9 Å². The lowest BCUT2D eigenvalue weighted by atomic mass is 10.1. The van der Waals surface area contributed by atoms with Crippen LogP contribution in [0.25, 0.3) is 22.3 Å². The molecule has 3 amide bonds. The van der Waals surface area contributed by atoms with Crippen LogP contribution in [0.15, 0.2) is 35.7 Å². The Balaban J connectivity index is 1.21. The topological polar surface area (TPSA) is 166 Å². The number of aryl methyl sites for hydroxylation is 1. The molecular formula is C38H47N5O8S2. The van der Waals surface area contributed by atoms with Gasteiger partial charge in [0.1, 0.15) is 35.3 Å². The Morgan fingerprint density at radius 1 is 1.15 bits per heavy atom. The predicted octanol–water partition coefficient (Wildman–Crippen LogP) is 4.78. The third-order valence-electron chi connectivity index (χ3n) is 10.6. The minimum absolute atomic E-state index is 0.0890. The number of rotatable bonds is 8. The highest BCUT2D eigenvalue weighted by atomic mass is 32.2. The number of amides is 3. The molecule has 5 atom stereocenters. The summed E-state index contributed by atoms with van der Waals surface area (Å²) in [5.74, 6) is -0.604. The summed E-state index contributed by atoms with van der Waals surface area (Å²) in [4.78, 5) is 53.2. The summed E-state index contributed by atoms with van der Waals surface area (Å²) in [6, 6.07) is 4.58. The van der Waals surface area contributed by atoms with Crippen molar-refractivity contribution in [3.63, 3.8) is 0 Å². The Bertz CT molecular complexity index is 2060. The van der Waals surface area contributed by atoms with Crippen LogP contribution in [0.5, 0.6) is 11.5 Å². The Hall–Kier alpha value is -4.08. The molecule has 0 spiro atoms. The Labute approximate surface area is 313 Å². The van der Waals surface area contributed by atoms with E-state index in [9.17, 15) is 22.8 Å². The first-order valence-electron chi connectivity index (χ1n) is 18.4. The molecule has 2 saturated carbocycles. The number of hydrogen-bond donors (Lipinski definition) is 2. The third-order valence-corrected chi connectivity index (χ3v) is 13.6. The standard InChI is InChI=1S/C38H47N5O8S2/c1-21(2)35-40-29(20-52-35)28-17-32(27-13-14-31(49-5)22(3)33(27)39-28)51-25-16-30-34(44)41-38(37(46)42-53(47,48)26-11-12-26)18-24(38)10-8-6-7-9-15-50-23(4)36(45)43(30)19-25/h8,10,13-14,17,20-21,23-26,30H,6-7,9,11-12,15-16,18-19H2,1-5H3,(H,41,44)(H,42,46)/b10-8-/t23-,24-,25-,30+,38-/m1/s1. The average Bonchev–Trinajstić information content (AvgIpc) is 4.00. The van der Waals surface area contributed by atoms with Crippen molar-refractivity contribution in [3.05, 3.63) is 46.3 Å². The molecule has 13 nitrogen and oxygen atoms in total. The van der Waals surface area contributed by atoms with Gasteiger partial charge in [0.15, 0.2) is 0 Å². The maximum absolute atomic E-state index is 14.3. The van der Waals surface area contributed by atoms with E-state index in [1.54, 1.807) is 25.4 Å². The highest BCUT2D eigenvalue weighted by Gasteiger charge is 2.62. The molecule has 4 heterocycles. The summed E-state index contributed by atoms with van der Waals surface area (Å²) in [5, 5.41) is 6.01.